The standard InChI is InChI=1S/C21H26N4O4S2/c1-13(2)31(28,29)24-9-8-17-18(12-24)30-21(22-17)23-20(27)15-10-19(26)25(11-15)16-6-4-14(3)5-7-16/h4-7,13,15H,8-12H2,1-3H3,(H,22,23,27). The average molecular weight is 463 g/mol. The zero-order valence-electron chi connectivity index (χ0n) is 17.8. The number of amides is 2. The number of sulfonamides is 1. The molecule has 4 rings (SSSR count). The molecule has 0 saturated carbocycles. The number of thiazole rings is 1. The van der Waals surface area contributed by atoms with Gasteiger partial charge in [-0.1, -0.05) is 17.7 Å². The van der Waals surface area contributed by atoms with E-state index < -0.39 is 21.2 Å². The first-order chi connectivity index (χ1) is 14.6. The number of nitrogens with zero attached hydrogens (tertiary/aromatic N) is 3. The molecule has 2 aliphatic heterocycles. The maximum absolute atomic E-state index is 12.8. The lowest BCUT2D eigenvalue weighted by Gasteiger charge is -2.26. The first-order valence-corrected chi connectivity index (χ1v) is 12.6. The van der Waals surface area contributed by atoms with E-state index in [2.05, 4.69) is 10.3 Å². The van der Waals surface area contributed by atoms with Crippen molar-refractivity contribution in [2.75, 3.05) is 23.3 Å². The summed E-state index contributed by atoms with van der Waals surface area (Å²) in [5.41, 5.74) is 2.73. The molecule has 0 aliphatic carbocycles. The van der Waals surface area contributed by atoms with Crippen LogP contribution in [0.3, 0.4) is 0 Å². The van der Waals surface area contributed by atoms with Gasteiger partial charge in [-0.3, -0.25) is 9.59 Å². The van der Waals surface area contributed by atoms with Crippen LogP contribution in [0.25, 0.3) is 0 Å². The van der Waals surface area contributed by atoms with Gasteiger partial charge in [0.1, 0.15) is 0 Å². The highest BCUT2D eigenvalue weighted by Gasteiger charge is 2.36. The van der Waals surface area contributed by atoms with E-state index in [1.807, 2.05) is 31.2 Å². The number of benzene rings is 1. The Bertz CT molecular complexity index is 1110. The monoisotopic (exact) mass is 462 g/mol. The molecule has 2 amide bonds. The van der Waals surface area contributed by atoms with Crippen molar-refractivity contribution in [1.82, 2.24) is 9.29 Å². The first-order valence-electron chi connectivity index (χ1n) is 10.3. The highest BCUT2D eigenvalue weighted by Crippen LogP contribution is 2.31. The molecule has 2 aliphatic rings. The van der Waals surface area contributed by atoms with Gasteiger partial charge in [-0.2, -0.15) is 4.31 Å². The van der Waals surface area contributed by atoms with Gasteiger partial charge < -0.3 is 10.2 Å². The highest BCUT2D eigenvalue weighted by atomic mass is 32.2. The Kier molecular flexibility index (Phi) is 5.89. The number of fused-ring (bicyclic) bond motifs is 1. The Morgan fingerprint density at radius 3 is 2.65 bits per heavy atom. The van der Waals surface area contributed by atoms with Gasteiger partial charge in [-0.05, 0) is 32.9 Å². The molecule has 8 nitrogen and oxygen atoms in total. The topological polar surface area (TPSA) is 99.7 Å². The highest BCUT2D eigenvalue weighted by molar-refractivity contribution is 7.89. The minimum Gasteiger partial charge on any atom is -0.312 e. The average Bonchev–Trinajstić information content (AvgIpc) is 3.30. The zero-order valence-corrected chi connectivity index (χ0v) is 19.4. The van der Waals surface area contributed by atoms with Crippen LogP contribution in [-0.4, -0.2) is 47.9 Å². The van der Waals surface area contributed by atoms with E-state index in [9.17, 15) is 18.0 Å². The molecule has 10 heteroatoms. The zero-order chi connectivity index (χ0) is 22.3. The Balaban J connectivity index is 1.42. The normalized spacial score (nSPS) is 19.7. The van der Waals surface area contributed by atoms with Crippen molar-refractivity contribution in [3.8, 4) is 0 Å². The van der Waals surface area contributed by atoms with E-state index in [0.29, 0.717) is 24.6 Å². The number of rotatable bonds is 5. The molecule has 0 radical (unpaired) electrons. The second-order valence-electron chi connectivity index (χ2n) is 8.30. The summed E-state index contributed by atoms with van der Waals surface area (Å²) in [5.74, 6) is -0.759. The molecular weight excluding hydrogens is 436 g/mol. The van der Waals surface area contributed by atoms with Crippen LogP contribution in [0.15, 0.2) is 24.3 Å². The molecule has 2 aromatic rings. The molecule has 3 heterocycles. The molecule has 1 fully saturated rings. The summed E-state index contributed by atoms with van der Waals surface area (Å²) in [5, 5.41) is 2.82. The predicted molar refractivity (Wildman–Crippen MR) is 121 cm³/mol. The molecular formula is C21H26N4O4S2. The maximum Gasteiger partial charge on any atom is 0.231 e. The van der Waals surface area contributed by atoms with Gasteiger partial charge in [-0.15, -0.1) is 11.3 Å². The van der Waals surface area contributed by atoms with Crippen LogP contribution in [0, 0.1) is 12.8 Å². The summed E-state index contributed by atoms with van der Waals surface area (Å²) in [6, 6.07) is 7.66. The van der Waals surface area contributed by atoms with Crippen LogP contribution in [-0.2, 0) is 32.6 Å². The van der Waals surface area contributed by atoms with Gasteiger partial charge in [0, 0.05) is 43.0 Å². The number of aryl methyl sites for hydroxylation is 1. The van der Waals surface area contributed by atoms with Gasteiger partial charge >= 0.3 is 0 Å². The van der Waals surface area contributed by atoms with Gasteiger partial charge in [-0.25, -0.2) is 13.4 Å². The predicted octanol–water partition coefficient (Wildman–Crippen LogP) is 2.54. The second kappa shape index (κ2) is 8.33. The van der Waals surface area contributed by atoms with Gasteiger partial charge in [0.15, 0.2) is 5.13 Å². The fourth-order valence-electron chi connectivity index (χ4n) is 3.81. The SMILES string of the molecule is Cc1ccc(N2CC(C(=O)Nc3nc4c(s3)CN(S(=O)(=O)C(C)C)CC4)CC2=O)cc1. The summed E-state index contributed by atoms with van der Waals surface area (Å²) in [6.07, 6.45) is 0.683. The van der Waals surface area contributed by atoms with Crippen molar-refractivity contribution >= 4 is 44.0 Å². The summed E-state index contributed by atoms with van der Waals surface area (Å²) in [6.45, 7) is 6.34. The molecule has 31 heavy (non-hydrogen) atoms. The van der Waals surface area contributed by atoms with Crippen LogP contribution in [0.4, 0.5) is 10.8 Å². The summed E-state index contributed by atoms with van der Waals surface area (Å²) in [4.78, 5) is 32.2. The third kappa shape index (κ3) is 4.37. The van der Waals surface area contributed by atoms with E-state index in [-0.39, 0.29) is 24.8 Å². The van der Waals surface area contributed by atoms with Crippen LogP contribution in [0.2, 0.25) is 0 Å². The molecule has 1 unspecified atom stereocenters. The number of carbonyl (C=O) groups excluding carboxylic acids is 2. The molecule has 1 aromatic carbocycles. The number of hydrogen-bond donors (Lipinski definition) is 1. The smallest absolute Gasteiger partial charge is 0.231 e. The minimum absolute atomic E-state index is 0.0722. The molecule has 166 valence electrons. The second-order valence-corrected chi connectivity index (χ2v) is 11.9. The molecule has 1 aromatic heterocycles. The lowest BCUT2D eigenvalue weighted by molar-refractivity contribution is -0.122. The third-order valence-electron chi connectivity index (χ3n) is 5.72. The third-order valence-corrected chi connectivity index (χ3v) is 8.94. The van der Waals surface area contributed by atoms with Crippen molar-refractivity contribution in [3.05, 3.63) is 40.4 Å². The molecule has 0 bridgehead atoms. The van der Waals surface area contributed by atoms with Crippen LogP contribution < -0.4 is 10.2 Å². The quantitative estimate of drug-likeness (QED) is 0.736. The summed E-state index contributed by atoms with van der Waals surface area (Å²) >= 11 is 1.31. The van der Waals surface area contributed by atoms with E-state index in [1.165, 1.54) is 15.6 Å². The lowest BCUT2D eigenvalue weighted by Crippen LogP contribution is -2.39. The van der Waals surface area contributed by atoms with Gasteiger partial charge in [0.05, 0.1) is 16.9 Å². The Hall–Kier alpha value is -2.30. The van der Waals surface area contributed by atoms with E-state index in [0.717, 1.165) is 21.8 Å². The first kappa shape index (κ1) is 21.9. The fourth-order valence-corrected chi connectivity index (χ4v) is 6.17. The number of nitrogens with one attached hydrogen (secondary N) is 1. The van der Waals surface area contributed by atoms with Gasteiger partial charge in [0.25, 0.3) is 0 Å². The maximum atomic E-state index is 12.8. The Morgan fingerprint density at radius 1 is 1.26 bits per heavy atom. The number of hydrogen-bond acceptors (Lipinski definition) is 6. The van der Waals surface area contributed by atoms with Crippen molar-refractivity contribution in [2.24, 2.45) is 5.92 Å². The van der Waals surface area contributed by atoms with Crippen molar-refractivity contribution in [2.45, 2.75) is 45.4 Å². The molecule has 0 spiro atoms. The molecule has 1 atom stereocenters. The van der Waals surface area contributed by atoms with Gasteiger partial charge in [0.2, 0.25) is 21.8 Å². The van der Waals surface area contributed by atoms with Crippen molar-refractivity contribution in [3.63, 3.8) is 0 Å². The van der Waals surface area contributed by atoms with Crippen LogP contribution >= 0.6 is 11.3 Å². The van der Waals surface area contributed by atoms with Crippen molar-refractivity contribution in [1.29, 1.82) is 0 Å². The summed E-state index contributed by atoms with van der Waals surface area (Å²) < 4.78 is 26.4. The van der Waals surface area contributed by atoms with E-state index in [4.69, 9.17) is 0 Å². The van der Waals surface area contributed by atoms with E-state index >= 15 is 0 Å². The largest absolute Gasteiger partial charge is 0.312 e. The number of anilines is 2. The fraction of sp³-hybridized carbons (Fsp3) is 0.476. The Labute approximate surface area is 186 Å². The van der Waals surface area contributed by atoms with Crippen molar-refractivity contribution < 1.29 is 18.0 Å². The van der Waals surface area contributed by atoms with Crippen LogP contribution in [0.5, 0.6) is 0 Å². The minimum atomic E-state index is -3.33. The summed E-state index contributed by atoms with van der Waals surface area (Å²) in [7, 11) is -3.33. The molecule has 1 saturated heterocycles. The molecule has 1 N–H and O–H groups in total. The lowest BCUT2D eigenvalue weighted by atomic mass is 10.1. The Morgan fingerprint density at radius 2 is 1.97 bits per heavy atom. The van der Waals surface area contributed by atoms with Crippen LogP contribution in [0.1, 0.15) is 36.4 Å². The number of carbonyl (C=O) groups is 2. The number of aromatic nitrogens is 1. The van der Waals surface area contributed by atoms with E-state index in [1.54, 1.807) is 18.7 Å².